The molecule has 0 aliphatic carbocycles. The van der Waals surface area contributed by atoms with Gasteiger partial charge in [0.2, 0.25) is 11.7 Å². The van der Waals surface area contributed by atoms with Crippen molar-refractivity contribution in [3.05, 3.63) is 58.4 Å². The second-order valence-electron chi connectivity index (χ2n) is 6.38. The summed E-state index contributed by atoms with van der Waals surface area (Å²) in [7, 11) is 0. The molecule has 1 unspecified atom stereocenters. The Balaban J connectivity index is 1.48. The predicted octanol–water partition coefficient (Wildman–Crippen LogP) is 4.12. The van der Waals surface area contributed by atoms with Crippen molar-refractivity contribution in [2.24, 2.45) is 0 Å². The van der Waals surface area contributed by atoms with Gasteiger partial charge in [-0.1, -0.05) is 23.4 Å². The molecule has 1 aliphatic heterocycles. The maximum Gasteiger partial charge on any atom is 0.241 e. The van der Waals surface area contributed by atoms with Crippen molar-refractivity contribution in [1.29, 1.82) is 0 Å². The summed E-state index contributed by atoms with van der Waals surface area (Å²) in [6.07, 6.45) is 2.42. The van der Waals surface area contributed by atoms with Gasteiger partial charge in [0.1, 0.15) is 5.82 Å². The molecule has 0 saturated carbocycles. The molecule has 136 valence electrons. The molecule has 0 radical (unpaired) electrons. The van der Waals surface area contributed by atoms with Crippen LogP contribution in [0.1, 0.15) is 23.6 Å². The highest BCUT2D eigenvalue weighted by atomic mass is 32.1. The molecule has 0 spiro atoms. The lowest BCUT2D eigenvalue weighted by Crippen LogP contribution is -2.31. The molecule has 4 rings (SSSR count). The fraction of sp³-hybridized carbons (Fsp3) is 0.368. The summed E-state index contributed by atoms with van der Waals surface area (Å²) in [6, 6.07) is 10.6. The summed E-state index contributed by atoms with van der Waals surface area (Å²) in [4.78, 5) is 7.91. The van der Waals surface area contributed by atoms with Gasteiger partial charge in [-0.05, 0) is 36.4 Å². The van der Waals surface area contributed by atoms with Crippen LogP contribution >= 0.6 is 11.3 Å². The van der Waals surface area contributed by atoms with Crippen LogP contribution in [0.3, 0.4) is 0 Å². The van der Waals surface area contributed by atoms with Gasteiger partial charge in [0.15, 0.2) is 0 Å². The number of hydrogen-bond acceptors (Lipinski definition) is 6. The van der Waals surface area contributed by atoms with Gasteiger partial charge in [0, 0.05) is 24.6 Å². The van der Waals surface area contributed by atoms with Gasteiger partial charge in [-0.25, -0.2) is 4.39 Å². The molecule has 0 N–H and O–H groups in total. The van der Waals surface area contributed by atoms with Gasteiger partial charge in [-0.2, -0.15) is 4.98 Å². The van der Waals surface area contributed by atoms with Gasteiger partial charge in [-0.3, -0.25) is 4.90 Å². The van der Waals surface area contributed by atoms with E-state index >= 15 is 0 Å². The smallest absolute Gasteiger partial charge is 0.241 e. The van der Waals surface area contributed by atoms with Crippen molar-refractivity contribution in [3.8, 4) is 11.4 Å². The molecule has 26 heavy (non-hydrogen) atoms. The fourth-order valence-electron chi connectivity index (χ4n) is 3.15. The molecule has 1 aromatic carbocycles. The number of halogens is 1. The van der Waals surface area contributed by atoms with E-state index in [0.29, 0.717) is 18.0 Å². The first kappa shape index (κ1) is 17.3. The van der Waals surface area contributed by atoms with Crippen LogP contribution in [-0.2, 0) is 17.8 Å². The third kappa shape index (κ3) is 4.17. The summed E-state index contributed by atoms with van der Waals surface area (Å²) in [5, 5.41) is 6.02. The molecule has 7 heteroatoms. The van der Waals surface area contributed by atoms with E-state index in [1.54, 1.807) is 29.5 Å². The highest BCUT2D eigenvalue weighted by Crippen LogP contribution is 2.22. The molecule has 1 aliphatic rings. The average molecular weight is 373 g/mol. The topological polar surface area (TPSA) is 51.4 Å². The summed E-state index contributed by atoms with van der Waals surface area (Å²) < 4.78 is 25.1. The van der Waals surface area contributed by atoms with E-state index in [0.717, 1.165) is 32.5 Å². The Morgan fingerprint density at radius 1 is 1.19 bits per heavy atom. The second kappa shape index (κ2) is 8.07. The van der Waals surface area contributed by atoms with Crippen LogP contribution < -0.4 is 0 Å². The van der Waals surface area contributed by atoms with Gasteiger partial charge in [0.05, 0.1) is 18.2 Å². The number of nitrogens with zero attached hydrogens (tertiary/aromatic N) is 3. The SMILES string of the molecule is Fc1ccccc1-c1noc(CN(Cc2cccs2)CC2CCCO2)n1. The van der Waals surface area contributed by atoms with Crippen LogP contribution in [0.25, 0.3) is 11.4 Å². The molecule has 1 saturated heterocycles. The fourth-order valence-corrected chi connectivity index (χ4v) is 3.89. The van der Waals surface area contributed by atoms with E-state index in [1.165, 1.54) is 10.9 Å². The molecular formula is C19H20FN3O2S. The Labute approximate surface area is 155 Å². The van der Waals surface area contributed by atoms with Crippen LogP contribution in [0, 0.1) is 5.82 Å². The van der Waals surface area contributed by atoms with E-state index in [-0.39, 0.29) is 17.7 Å². The highest BCUT2D eigenvalue weighted by Gasteiger charge is 2.22. The molecule has 1 fully saturated rings. The lowest BCUT2D eigenvalue weighted by Gasteiger charge is -2.23. The zero-order valence-electron chi connectivity index (χ0n) is 14.3. The number of ether oxygens (including phenoxy) is 1. The maximum atomic E-state index is 13.9. The zero-order chi connectivity index (χ0) is 17.8. The van der Waals surface area contributed by atoms with Crippen LogP contribution in [0.5, 0.6) is 0 Å². The predicted molar refractivity (Wildman–Crippen MR) is 97.1 cm³/mol. The molecular weight excluding hydrogens is 353 g/mol. The van der Waals surface area contributed by atoms with Crippen molar-refractivity contribution in [2.45, 2.75) is 32.0 Å². The molecule has 3 aromatic rings. The monoisotopic (exact) mass is 373 g/mol. The standard InChI is InChI=1S/C19H20FN3O2S/c20-17-8-2-1-7-16(17)19-21-18(25-22-19)13-23(11-14-5-3-9-24-14)12-15-6-4-10-26-15/h1-2,4,6-8,10,14H,3,5,9,11-13H2. The minimum absolute atomic E-state index is 0.240. The molecule has 5 nitrogen and oxygen atoms in total. The van der Waals surface area contributed by atoms with E-state index in [9.17, 15) is 4.39 Å². The summed E-state index contributed by atoms with van der Waals surface area (Å²) >= 11 is 1.73. The van der Waals surface area contributed by atoms with Crippen LogP contribution in [0.15, 0.2) is 46.3 Å². The maximum absolute atomic E-state index is 13.9. The Kier molecular flexibility index (Phi) is 5.38. The van der Waals surface area contributed by atoms with Crippen molar-refractivity contribution in [1.82, 2.24) is 15.0 Å². The Morgan fingerprint density at radius 2 is 2.12 bits per heavy atom. The van der Waals surface area contributed by atoms with Crippen molar-refractivity contribution in [3.63, 3.8) is 0 Å². The third-order valence-electron chi connectivity index (χ3n) is 4.39. The number of thiophene rings is 1. The van der Waals surface area contributed by atoms with E-state index in [1.807, 2.05) is 6.07 Å². The Hall–Kier alpha value is -2.09. The lowest BCUT2D eigenvalue weighted by molar-refractivity contribution is 0.0644. The summed E-state index contributed by atoms with van der Waals surface area (Å²) in [5.41, 5.74) is 0.353. The van der Waals surface area contributed by atoms with Gasteiger partial charge in [-0.15, -0.1) is 11.3 Å². The van der Waals surface area contributed by atoms with Crippen LogP contribution in [0.4, 0.5) is 4.39 Å². The molecule has 1 atom stereocenters. The van der Waals surface area contributed by atoms with Gasteiger partial charge >= 0.3 is 0 Å². The summed E-state index contributed by atoms with van der Waals surface area (Å²) in [6.45, 7) is 2.96. The number of hydrogen-bond donors (Lipinski definition) is 0. The first-order valence-electron chi connectivity index (χ1n) is 8.72. The molecule has 0 bridgehead atoms. The molecule has 3 heterocycles. The quantitative estimate of drug-likeness (QED) is 0.624. The van der Waals surface area contributed by atoms with Crippen LogP contribution in [0.2, 0.25) is 0 Å². The lowest BCUT2D eigenvalue weighted by atomic mass is 10.2. The highest BCUT2D eigenvalue weighted by molar-refractivity contribution is 7.09. The first-order chi connectivity index (χ1) is 12.8. The Bertz CT molecular complexity index is 831. The average Bonchev–Trinajstić information content (AvgIpc) is 3.38. The minimum atomic E-state index is -0.352. The van der Waals surface area contributed by atoms with Crippen LogP contribution in [-0.4, -0.2) is 34.3 Å². The summed E-state index contributed by atoms with van der Waals surface area (Å²) in [5.74, 6) is 0.416. The number of rotatable bonds is 7. The second-order valence-corrected chi connectivity index (χ2v) is 7.41. The molecule has 0 amide bonds. The minimum Gasteiger partial charge on any atom is -0.377 e. The van der Waals surface area contributed by atoms with Crippen molar-refractivity contribution >= 4 is 11.3 Å². The largest absolute Gasteiger partial charge is 0.377 e. The van der Waals surface area contributed by atoms with Crippen molar-refractivity contribution in [2.75, 3.05) is 13.2 Å². The van der Waals surface area contributed by atoms with Gasteiger partial charge in [0.25, 0.3) is 0 Å². The first-order valence-corrected chi connectivity index (χ1v) is 9.60. The van der Waals surface area contributed by atoms with Crippen molar-refractivity contribution < 1.29 is 13.7 Å². The van der Waals surface area contributed by atoms with E-state index < -0.39 is 0 Å². The molecule has 2 aromatic heterocycles. The number of benzene rings is 1. The zero-order valence-corrected chi connectivity index (χ0v) is 15.1. The normalized spacial score (nSPS) is 17.2. The van der Waals surface area contributed by atoms with E-state index in [2.05, 4.69) is 26.5 Å². The van der Waals surface area contributed by atoms with Gasteiger partial charge < -0.3 is 9.26 Å². The Morgan fingerprint density at radius 3 is 2.88 bits per heavy atom. The van der Waals surface area contributed by atoms with E-state index in [4.69, 9.17) is 9.26 Å². The third-order valence-corrected chi connectivity index (χ3v) is 5.25. The number of aromatic nitrogens is 2.